The summed E-state index contributed by atoms with van der Waals surface area (Å²) in [6, 6.07) is 7.49. The van der Waals surface area contributed by atoms with Gasteiger partial charge in [-0.25, -0.2) is 8.78 Å². The summed E-state index contributed by atoms with van der Waals surface area (Å²) >= 11 is 3.33. The standard InChI is InChI=1S/C10H11BrF2O/c11-10-4-2-1-3-8(10)6-14-7-9(13)5-12/h1-4,9H,5-7H2. The van der Waals surface area contributed by atoms with E-state index < -0.39 is 12.8 Å². The average molecular weight is 265 g/mol. The zero-order chi connectivity index (χ0) is 10.4. The Hall–Kier alpha value is -0.480. The summed E-state index contributed by atoms with van der Waals surface area (Å²) in [7, 11) is 0. The maximum absolute atomic E-state index is 12.4. The lowest BCUT2D eigenvalue weighted by atomic mass is 10.2. The van der Waals surface area contributed by atoms with Gasteiger partial charge in [0.25, 0.3) is 0 Å². The van der Waals surface area contributed by atoms with E-state index in [-0.39, 0.29) is 6.61 Å². The lowest BCUT2D eigenvalue weighted by molar-refractivity contribution is 0.0593. The maximum Gasteiger partial charge on any atom is 0.152 e. The molecule has 14 heavy (non-hydrogen) atoms. The molecule has 0 fully saturated rings. The van der Waals surface area contributed by atoms with Crippen LogP contribution in [0.3, 0.4) is 0 Å². The average Bonchev–Trinajstić information content (AvgIpc) is 2.20. The van der Waals surface area contributed by atoms with Crippen molar-refractivity contribution in [2.75, 3.05) is 13.3 Å². The van der Waals surface area contributed by atoms with Gasteiger partial charge in [-0.15, -0.1) is 0 Å². The molecule has 0 aliphatic carbocycles. The first-order valence-electron chi connectivity index (χ1n) is 4.25. The minimum absolute atomic E-state index is 0.197. The van der Waals surface area contributed by atoms with E-state index in [1.165, 1.54) is 0 Å². The predicted molar refractivity (Wildman–Crippen MR) is 54.7 cm³/mol. The van der Waals surface area contributed by atoms with Crippen LogP contribution < -0.4 is 0 Å². The molecule has 1 nitrogen and oxygen atoms in total. The molecular weight excluding hydrogens is 254 g/mol. The summed E-state index contributed by atoms with van der Waals surface area (Å²) < 4.78 is 30.1. The Labute approximate surface area is 90.2 Å². The number of benzene rings is 1. The predicted octanol–water partition coefficient (Wildman–Crippen LogP) is 3.27. The lowest BCUT2D eigenvalue weighted by Crippen LogP contribution is -2.12. The summed E-state index contributed by atoms with van der Waals surface area (Å²) in [5.74, 6) is 0. The number of rotatable bonds is 5. The van der Waals surface area contributed by atoms with Crippen molar-refractivity contribution in [3.05, 3.63) is 34.3 Å². The number of halogens is 3. The number of ether oxygens (including phenoxy) is 1. The van der Waals surface area contributed by atoms with Gasteiger partial charge in [-0.1, -0.05) is 34.1 Å². The molecule has 0 saturated carbocycles. The van der Waals surface area contributed by atoms with Crippen LogP contribution in [0.4, 0.5) is 8.78 Å². The highest BCUT2D eigenvalue weighted by molar-refractivity contribution is 9.10. The number of hydrogen-bond acceptors (Lipinski definition) is 1. The fourth-order valence-corrected chi connectivity index (χ4v) is 1.36. The van der Waals surface area contributed by atoms with Crippen molar-refractivity contribution in [2.24, 2.45) is 0 Å². The van der Waals surface area contributed by atoms with Gasteiger partial charge in [0, 0.05) is 4.47 Å². The fraction of sp³-hybridized carbons (Fsp3) is 0.400. The zero-order valence-corrected chi connectivity index (χ0v) is 9.14. The van der Waals surface area contributed by atoms with Crippen molar-refractivity contribution in [3.63, 3.8) is 0 Å². The Morgan fingerprint density at radius 3 is 2.71 bits per heavy atom. The molecule has 0 heterocycles. The molecule has 0 bridgehead atoms. The van der Waals surface area contributed by atoms with Crippen molar-refractivity contribution in [1.29, 1.82) is 0 Å². The van der Waals surface area contributed by atoms with Gasteiger partial charge in [0.05, 0.1) is 13.2 Å². The van der Waals surface area contributed by atoms with Crippen molar-refractivity contribution in [2.45, 2.75) is 12.8 Å². The first kappa shape index (κ1) is 11.6. The van der Waals surface area contributed by atoms with Crippen molar-refractivity contribution in [3.8, 4) is 0 Å². The summed E-state index contributed by atoms with van der Waals surface area (Å²) in [6.07, 6.45) is -1.52. The Kier molecular flexibility index (Phi) is 5.04. The van der Waals surface area contributed by atoms with Crippen LogP contribution in [0.1, 0.15) is 5.56 Å². The third-order valence-corrected chi connectivity index (χ3v) is 2.46. The Morgan fingerprint density at radius 2 is 2.07 bits per heavy atom. The van der Waals surface area contributed by atoms with Gasteiger partial charge < -0.3 is 4.74 Å². The summed E-state index contributed by atoms with van der Waals surface area (Å²) in [4.78, 5) is 0. The third-order valence-electron chi connectivity index (χ3n) is 1.68. The highest BCUT2D eigenvalue weighted by Gasteiger charge is 2.05. The molecule has 4 heteroatoms. The second-order valence-electron chi connectivity index (χ2n) is 2.86. The van der Waals surface area contributed by atoms with Crippen molar-refractivity contribution >= 4 is 15.9 Å². The molecule has 1 atom stereocenters. The SMILES string of the molecule is FCC(F)COCc1ccccc1Br. The molecule has 1 aromatic carbocycles. The van der Waals surface area contributed by atoms with Crippen LogP contribution in [0.15, 0.2) is 28.7 Å². The first-order valence-corrected chi connectivity index (χ1v) is 5.04. The monoisotopic (exact) mass is 264 g/mol. The van der Waals surface area contributed by atoms with E-state index in [0.29, 0.717) is 6.61 Å². The smallest absolute Gasteiger partial charge is 0.152 e. The second-order valence-corrected chi connectivity index (χ2v) is 3.71. The van der Waals surface area contributed by atoms with Gasteiger partial charge in [-0.2, -0.15) is 0 Å². The van der Waals surface area contributed by atoms with Crippen LogP contribution in [0.25, 0.3) is 0 Å². The largest absolute Gasteiger partial charge is 0.374 e. The second kappa shape index (κ2) is 6.09. The topological polar surface area (TPSA) is 9.23 Å². The van der Waals surface area contributed by atoms with Gasteiger partial charge in [0.15, 0.2) is 6.17 Å². The van der Waals surface area contributed by atoms with Crippen LogP contribution in [0.2, 0.25) is 0 Å². The molecule has 1 unspecified atom stereocenters. The summed E-state index contributed by atoms with van der Waals surface area (Å²) in [5, 5.41) is 0. The van der Waals surface area contributed by atoms with E-state index in [4.69, 9.17) is 4.74 Å². The molecule has 0 spiro atoms. The van der Waals surface area contributed by atoms with Crippen molar-refractivity contribution < 1.29 is 13.5 Å². The molecule has 0 aliphatic heterocycles. The zero-order valence-electron chi connectivity index (χ0n) is 7.55. The maximum atomic E-state index is 12.4. The summed E-state index contributed by atoms with van der Waals surface area (Å²) in [6.45, 7) is -0.893. The van der Waals surface area contributed by atoms with E-state index >= 15 is 0 Å². The van der Waals surface area contributed by atoms with Gasteiger partial charge in [-0.3, -0.25) is 0 Å². The van der Waals surface area contributed by atoms with Gasteiger partial charge in [0.2, 0.25) is 0 Å². The lowest BCUT2D eigenvalue weighted by Gasteiger charge is -2.07. The van der Waals surface area contributed by atoms with Crippen LogP contribution in [-0.2, 0) is 11.3 Å². The molecule has 0 aromatic heterocycles. The normalized spacial score (nSPS) is 12.8. The molecule has 1 rings (SSSR count). The van der Waals surface area contributed by atoms with Gasteiger partial charge in [-0.05, 0) is 11.6 Å². The molecule has 0 radical (unpaired) electrons. The molecule has 78 valence electrons. The van der Waals surface area contributed by atoms with Crippen LogP contribution in [-0.4, -0.2) is 19.5 Å². The molecule has 0 aliphatic rings. The Morgan fingerprint density at radius 1 is 1.36 bits per heavy atom. The number of alkyl halides is 2. The highest BCUT2D eigenvalue weighted by atomic mass is 79.9. The highest BCUT2D eigenvalue weighted by Crippen LogP contribution is 2.16. The van der Waals surface area contributed by atoms with E-state index in [9.17, 15) is 8.78 Å². The molecular formula is C10H11BrF2O. The summed E-state index contributed by atoms with van der Waals surface area (Å²) in [5.41, 5.74) is 0.929. The molecule has 1 aromatic rings. The van der Waals surface area contributed by atoms with Crippen LogP contribution in [0, 0.1) is 0 Å². The minimum atomic E-state index is -1.52. The van der Waals surface area contributed by atoms with E-state index in [0.717, 1.165) is 10.0 Å². The van der Waals surface area contributed by atoms with Gasteiger partial charge in [0.1, 0.15) is 6.67 Å². The first-order chi connectivity index (χ1) is 6.74. The Balaban J connectivity index is 2.35. The van der Waals surface area contributed by atoms with E-state index in [1.54, 1.807) is 0 Å². The van der Waals surface area contributed by atoms with Crippen LogP contribution in [0.5, 0.6) is 0 Å². The number of hydrogen-bond donors (Lipinski definition) is 0. The Bertz CT molecular complexity index is 281. The third kappa shape index (κ3) is 3.72. The quantitative estimate of drug-likeness (QED) is 0.793. The van der Waals surface area contributed by atoms with Crippen molar-refractivity contribution in [1.82, 2.24) is 0 Å². The fourth-order valence-electron chi connectivity index (χ4n) is 0.957. The van der Waals surface area contributed by atoms with Gasteiger partial charge >= 0.3 is 0 Å². The molecule has 0 amide bonds. The molecule has 0 saturated heterocycles. The van der Waals surface area contributed by atoms with E-state index in [1.807, 2.05) is 24.3 Å². The minimum Gasteiger partial charge on any atom is -0.374 e. The van der Waals surface area contributed by atoms with Crippen LogP contribution >= 0.6 is 15.9 Å². The van der Waals surface area contributed by atoms with E-state index in [2.05, 4.69) is 15.9 Å². The molecule has 0 N–H and O–H groups in total.